The first-order chi connectivity index (χ1) is 16.7. The van der Waals surface area contributed by atoms with Crippen LogP contribution in [-0.4, -0.2) is 39.7 Å². The molecule has 0 aliphatic carbocycles. The molecule has 1 amide bonds. The lowest BCUT2D eigenvalue weighted by atomic mass is 10.1. The number of aromatic nitrogens is 1. The monoisotopic (exact) mass is 535 g/mol. The van der Waals surface area contributed by atoms with Gasteiger partial charge in [0.05, 0.1) is 28.8 Å². The van der Waals surface area contributed by atoms with Crippen LogP contribution in [0.5, 0.6) is 0 Å². The number of rotatable bonds is 13. The molecule has 3 N–H and O–H groups in total. The van der Waals surface area contributed by atoms with E-state index >= 15 is 0 Å². The first kappa shape index (κ1) is 26.9. The normalized spacial score (nSPS) is 11.9. The number of amides is 1. The summed E-state index contributed by atoms with van der Waals surface area (Å²) < 4.78 is 5.15. The minimum atomic E-state index is -1.16. The molecule has 0 spiro atoms. The molecule has 0 fully saturated rings. The van der Waals surface area contributed by atoms with E-state index in [9.17, 15) is 19.5 Å². The largest absolute Gasteiger partial charge is 0.481 e. The molecule has 186 valence electrons. The lowest BCUT2D eigenvalue weighted by molar-refractivity contribution is -0.139. The number of nitrogens with one attached hydrogen (secondary N) is 2. The SMILES string of the molecule is Cc1noc(C)c1CNCc1ccc(C(=O)N[C@@H](CC(=O)O)C(=O)CSCc2ccccc2Cl)s1. The van der Waals surface area contributed by atoms with Crippen molar-refractivity contribution >= 4 is 52.4 Å². The molecule has 0 aliphatic rings. The highest BCUT2D eigenvalue weighted by Gasteiger charge is 2.24. The second kappa shape index (κ2) is 12.9. The number of thioether (sulfide) groups is 1. The zero-order valence-electron chi connectivity index (χ0n) is 19.3. The van der Waals surface area contributed by atoms with Crippen LogP contribution in [0.25, 0.3) is 0 Å². The maximum Gasteiger partial charge on any atom is 0.305 e. The Labute approximate surface area is 216 Å². The maximum absolute atomic E-state index is 12.7. The van der Waals surface area contributed by atoms with Crippen LogP contribution in [-0.2, 0) is 28.4 Å². The Bertz CT molecular complexity index is 1170. The number of benzene rings is 1. The van der Waals surface area contributed by atoms with E-state index in [0.717, 1.165) is 27.5 Å². The molecular weight excluding hydrogens is 510 g/mol. The summed E-state index contributed by atoms with van der Waals surface area (Å²) in [7, 11) is 0. The quantitative estimate of drug-likeness (QED) is 0.295. The van der Waals surface area contributed by atoms with Crippen molar-refractivity contribution in [1.82, 2.24) is 15.8 Å². The van der Waals surface area contributed by atoms with Gasteiger partial charge >= 0.3 is 5.97 Å². The number of hydrogen-bond acceptors (Lipinski definition) is 8. The summed E-state index contributed by atoms with van der Waals surface area (Å²) in [6.45, 7) is 4.86. The van der Waals surface area contributed by atoms with Crippen molar-refractivity contribution in [3.05, 3.63) is 73.8 Å². The summed E-state index contributed by atoms with van der Waals surface area (Å²) >= 11 is 8.75. The van der Waals surface area contributed by atoms with Crippen molar-refractivity contribution in [3.63, 3.8) is 0 Å². The molecule has 1 atom stereocenters. The summed E-state index contributed by atoms with van der Waals surface area (Å²) in [4.78, 5) is 38.0. The number of carbonyl (C=O) groups excluding carboxylic acids is 2. The molecule has 1 aromatic carbocycles. The highest BCUT2D eigenvalue weighted by atomic mass is 35.5. The number of ketones is 1. The Hall–Kier alpha value is -2.66. The van der Waals surface area contributed by atoms with Gasteiger partial charge in [-0.1, -0.05) is 35.0 Å². The average molecular weight is 536 g/mol. The highest BCUT2D eigenvalue weighted by Crippen LogP contribution is 2.22. The predicted octanol–water partition coefficient (Wildman–Crippen LogP) is 4.37. The van der Waals surface area contributed by atoms with Crippen LogP contribution in [0.3, 0.4) is 0 Å². The Morgan fingerprint density at radius 1 is 1.17 bits per heavy atom. The number of nitrogens with zero attached hydrogens (tertiary/aromatic N) is 1. The molecule has 0 unspecified atom stereocenters. The summed E-state index contributed by atoms with van der Waals surface area (Å²) in [5, 5.41) is 19.7. The van der Waals surface area contributed by atoms with E-state index in [1.165, 1.54) is 23.1 Å². The van der Waals surface area contributed by atoms with Gasteiger partial charge in [-0.3, -0.25) is 14.4 Å². The molecule has 3 rings (SSSR count). The Kier molecular flexibility index (Phi) is 9.91. The third-order valence-electron chi connectivity index (χ3n) is 5.20. The second-order valence-electron chi connectivity index (χ2n) is 7.85. The van der Waals surface area contributed by atoms with Crippen LogP contribution < -0.4 is 10.6 Å². The van der Waals surface area contributed by atoms with Crippen LogP contribution >= 0.6 is 34.7 Å². The molecule has 3 aromatic rings. The number of Topliss-reactive ketones (excluding diaryl/α,β-unsaturated/α-hetero) is 1. The molecule has 0 radical (unpaired) electrons. The first-order valence-electron chi connectivity index (χ1n) is 10.8. The fourth-order valence-electron chi connectivity index (χ4n) is 3.29. The van der Waals surface area contributed by atoms with Gasteiger partial charge < -0.3 is 20.3 Å². The molecular formula is C24H26ClN3O5S2. The van der Waals surface area contributed by atoms with Gasteiger partial charge in [0, 0.05) is 34.3 Å². The number of hydrogen-bond donors (Lipinski definition) is 3. The molecule has 0 saturated carbocycles. The number of carbonyl (C=O) groups is 3. The molecule has 2 aromatic heterocycles. The Morgan fingerprint density at radius 3 is 2.63 bits per heavy atom. The molecule has 0 saturated heterocycles. The Balaban J connectivity index is 1.52. The molecule has 2 heterocycles. The third kappa shape index (κ3) is 7.93. The van der Waals surface area contributed by atoms with Gasteiger partial charge in [-0.05, 0) is 37.6 Å². The Morgan fingerprint density at radius 2 is 1.94 bits per heavy atom. The standard InChI is InChI=1S/C24H26ClN3O5S2/c1-14-18(15(2)33-28-14)11-26-10-17-7-8-22(35-17)24(32)27-20(9-23(30)31)21(29)13-34-12-16-5-3-4-6-19(16)25/h3-8,20,26H,9-13H2,1-2H3,(H,27,32)(H,30,31)/t20-/m0/s1. The van der Waals surface area contributed by atoms with Crippen molar-refractivity contribution < 1.29 is 24.0 Å². The van der Waals surface area contributed by atoms with Gasteiger partial charge in [-0.2, -0.15) is 0 Å². The summed E-state index contributed by atoms with van der Waals surface area (Å²) in [6.07, 6.45) is -0.478. The third-order valence-corrected chi connectivity index (χ3v) is 7.66. The van der Waals surface area contributed by atoms with Gasteiger partial charge in [0.25, 0.3) is 5.91 Å². The topological polar surface area (TPSA) is 122 Å². The predicted molar refractivity (Wildman–Crippen MR) is 137 cm³/mol. The van der Waals surface area contributed by atoms with E-state index < -0.39 is 24.3 Å². The van der Waals surface area contributed by atoms with Crippen molar-refractivity contribution in [1.29, 1.82) is 0 Å². The molecule has 35 heavy (non-hydrogen) atoms. The van der Waals surface area contributed by atoms with Crippen molar-refractivity contribution in [2.24, 2.45) is 0 Å². The lowest BCUT2D eigenvalue weighted by Crippen LogP contribution is -2.43. The highest BCUT2D eigenvalue weighted by molar-refractivity contribution is 7.99. The van der Waals surface area contributed by atoms with Gasteiger partial charge in [0.15, 0.2) is 5.78 Å². The van der Waals surface area contributed by atoms with Crippen LogP contribution in [0.1, 0.15) is 43.6 Å². The first-order valence-corrected chi connectivity index (χ1v) is 13.2. The van der Waals surface area contributed by atoms with Gasteiger partial charge in [-0.15, -0.1) is 23.1 Å². The van der Waals surface area contributed by atoms with E-state index in [1.54, 1.807) is 12.1 Å². The van der Waals surface area contributed by atoms with Crippen LogP contribution in [0.2, 0.25) is 5.02 Å². The van der Waals surface area contributed by atoms with E-state index in [0.29, 0.717) is 28.7 Å². The number of aryl methyl sites for hydroxylation is 2. The van der Waals surface area contributed by atoms with Gasteiger partial charge in [-0.25, -0.2) is 0 Å². The fraction of sp³-hybridized carbons (Fsp3) is 0.333. The number of aliphatic carboxylic acids is 1. The minimum absolute atomic E-state index is 0.0603. The second-order valence-corrected chi connectivity index (χ2v) is 10.4. The minimum Gasteiger partial charge on any atom is -0.481 e. The van der Waals surface area contributed by atoms with Crippen LogP contribution in [0.4, 0.5) is 0 Å². The van der Waals surface area contributed by atoms with Crippen molar-refractivity contribution in [3.8, 4) is 0 Å². The fourth-order valence-corrected chi connectivity index (χ4v) is 5.43. The van der Waals surface area contributed by atoms with E-state index in [4.69, 9.17) is 16.1 Å². The van der Waals surface area contributed by atoms with E-state index in [-0.39, 0.29) is 11.5 Å². The van der Waals surface area contributed by atoms with E-state index in [1.807, 2.05) is 38.1 Å². The summed E-state index contributed by atoms with van der Waals surface area (Å²) in [5.41, 5.74) is 2.72. The van der Waals surface area contributed by atoms with Crippen LogP contribution in [0, 0.1) is 13.8 Å². The zero-order valence-corrected chi connectivity index (χ0v) is 21.7. The zero-order chi connectivity index (χ0) is 25.4. The molecule has 8 nitrogen and oxygen atoms in total. The van der Waals surface area contributed by atoms with E-state index in [2.05, 4.69) is 15.8 Å². The van der Waals surface area contributed by atoms with Crippen molar-refractivity contribution in [2.75, 3.05) is 5.75 Å². The number of carboxylic acids is 1. The van der Waals surface area contributed by atoms with Crippen LogP contribution in [0.15, 0.2) is 40.9 Å². The molecule has 0 bridgehead atoms. The average Bonchev–Trinajstić information content (AvgIpc) is 3.41. The summed E-state index contributed by atoms with van der Waals surface area (Å²) in [6, 6.07) is 9.71. The number of halogens is 1. The molecule has 11 heteroatoms. The smallest absolute Gasteiger partial charge is 0.305 e. The van der Waals surface area contributed by atoms with Crippen molar-refractivity contribution in [2.45, 2.75) is 45.2 Å². The maximum atomic E-state index is 12.7. The summed E-state index contributed by atoms with van der Waals surface area (Å²) in [5.74, 6) is -0.645. The molecule has 0 aliphatic heterocycles. The van der Waals surface area contributed by atoms with Gasteiger partial charge in [0.2, 0.25) is 0 Å². The number of thiophene rings is 1. The number of carboxylic acid groups (broad SMARTS) is 1. The lowest BCUT2D eigenvalue weighted by Gasteiger charge is -2.15. The van der Waals surface area contributed by atoms with Gasteiger partial charge in [0.1, 0.15) is 5.76 Å².